The lowest BCUT2D eigenvalue weighted by Crippen LogP contribution is -2.20. The predicted molar refractivity (Wildman–Crippen MR) is 90.7 cm³/mol. The fourth-order valence-corrected chi connectivity index (χ4v) is 2.84. The van der Waals surface area contributed by atoms with Gasteiger partial charge < -0.3 is 10.1 Å². The summed E-state index contributed by atoms with van der Waals surface area (Å²) in [7, 11) is -3.74. The van der Waals surface area contributed by atoms with Crippen LogP contribution in [0.4, 0.5) is 11.6 Å². The van der Waals surface area contributed by atoms with Crippen molar-refractivity contribution in [1.29, 1.82) is 5.26 Å². The van der Waals surface area contributed by atoms with E-state index in [1.807, 2.05) is 6.07 Å². The van der Waals surface area contributed by atoms with Crippen molar-refractivity contribution in [3.63, 3.8) is 0 Å². The third kappa shape index (κ3) is 4.23. The van der Waals surface area contributed by atoms with Gasteiger partial charge in [0.2, 0.25) is 21.9 Å². The Labute approximate surface area is 145 Å². The van der Waals surface area contributed by atoms with Crippen LogP contribution in [-0.2, 0) is 10.0 Å². The molecule has 0 bridgehead atoms. The Morgan fingerprint density at radius 3 is 2.60 bits per heavy atom. The van der Waals surface area contributed by atoms with Gasteiger partial charge in [0.05, 0.1) is 17.7 Å². The summed E-state index contributed by atoms with van der Waals surface area (Å²) in [5, 5.41) is 17.2. The number of benzene rings is 1. The Morgan fingerprint density at radius 1 is 1.32 bits per heavy atom. The van der Waals surface area contributed by atoms with Crippen LogP contribution in [0.15, 0.2) is 35.4 Å². The van der Waals surface area contributed by atoms with E-state index in [1.54, 1.807) is 12.1 Å². The van der Waals surface area contributed by atoms with Gasteiger partial charge in [-0.3, -0.25) is 0 Å². The smallest absolute Gasteiger partial charge is 0.238 e. The highest BCUT2D eigenvalue weighted by atomic mass is 32.2. The molecule has 0 spiro atoms. The zero-order chi connectivity index (χ0) is 17.9. The molecule has 1 aromatic heterocycles. The topological polar surface area (TPSA) is 131 Å². The Balaban J connectivity index is 1.74. The summed E-state index contributed by atoms with van der Waals surface area (Å²) < 4.78 is 28.2. The van der Waals surface area contributed by atoms with E-state index in [9.17, 15) is 8.42 Å². The number of ether oxygens (including phenoxy) is 1. The minimum absolute atomic E-state index is 0.0170. The zero-order valence-corrected chi connectivity index (χ0v) is 14.2. The second-order valence-corrected chi connectivity index (χ2v) is 7.39. The molecule has 0 amide bonds. The van der Waals surface area contributed by atoms with Crippen molar-refractivity contribution < 1.29 is 13.2 Å². The maximum atomic E-state index is 11.3. The number of rotatable bonds is 6. The average molecular weight is 359 g/mol. The fourth-order valence-electron chi connectivity index (χ4n) is 2.33. The average Bonchev–Trinajstić information content (AvgIpc) is 2.53. The van der Waals surface area contributed by atoms with Crippen molar-refractivity contribution in [3.8, 4) is 11.9 Å². The fraction of sp³-hybridized carbons (Fsp3) is 0.312. The molecule has 1 fully saturated rings. The first-order chi connectivity index (χ1) is 12.0. The Morgan fingerprint density at radius 2 is 2.04 bits per heavy atom. The van der Waals surface area contributed by atoms with E-state index in [2.05, 4.69) is 15.3 Å². The van der Waals surface area contributed by atoms with E-state index in [0.29, 0.717) is 18.2 Å². The van der Waals surface area contributed by atoms with Crippen molar-refractivity contribution >= 4 is 21.7 Å². The first-order valence-electron chi connectivity index (χ1n) is 7.75. The van der Waals surface area contributed by atoms with E-state index in [1.165, 1.54) is 24.8 Å². The van der Waals surface area contributed by atoms with Gasteiger partial charge in [0.1, 0.15) is 11.6 Å². The number of aromatic nitrogens is 2. The number of hydrogen-bond acceptors (Lipinski definition) is 7. The maximum Gasteiger partial charge on any atom is 0.238 e. The van der Waals surface area contributed by atoms with E-state index in [0.717, 1.165) is 12.8 Å². The highest BCUT2D eigenvalue weighted by Crippen LogP contribution is 2.27. The molecule has 1 aliphatic rings. The molecule has 25 heavy (non-hydrogen) atoms. The third-order valence-electron chi connectivity index (χ3n) is 3.99. The van der Waals surface area contributed by atoms with Crippen molar-refractivity contribution in [2.45, 2.75) is 24.2 Å². The van der Waals surface area contributed by atoms with Gasteiger partial charge in [-0.15, -0.1) is 0 Å². The highest BCUT2D eigenvalue weighted by molar-refractivity contribution is 7.89. The molecule has 1 aliphatic carbocycles. The largest absolute Gasteiger partial charge is 0.476 e. The number of primary sulfonamides is 1. The quantitative estimate of drug-likeness (QED) is 0.805. The van der Waals surface area contributed by atoms with Crippen LogP contribution in [0.5, 0.6) is 5.88 Å². The van der Waals surface area contributed by atoms with Gasteiger partial charge in [0.25, 0.3) is 0 Å². The SMILES string of the molecule is N#Cc1cnc(Nc2ccc(S(N)(=O)=O)cc2)nc1OCC1CCC1. The van der Waals surface area contributed by atoms with Crippen LogP contribution in [-0.4, -0.2) is 25.0 Å². The van der Waals surface area contributed by atoms with E-state index in [4.69, 9.17) is 15.1 Å². The highest BCUT2D eigenvalue weighted by Gasteiger charge is 2.19. The maximum absolute atomic E-state index is 11.3. The summed E-state index contributed by atoms with van der Waals surface area (Å²) >= 11 is 0. The van der Waals surface area contributed by atoms with E-state index >= 15 is 0 Å². The van der Waals surface area contributed by atoms with Crippen molar-refractivity contribution in [3.05, 3.63) is 36.0 Å². The van der Waals surface area contributed by atoms with Gasteiger partial charge in [-0.1, -0.05) is 6.42 Å². The monoisotopic (exact) mass is 359 g/mol. The van der Waals surface area contributed by atoms with Crippen LogP contribution < -0.4 is 15.2 Å². The van der Waals surface area contributed by atoms with Crippen molar-refractivity contribution in [2.24, 2.45) is 11.1 Å². The first kappa shape index (κ1) is 17.1. The summed E-state index contributed by atoms with van der Waals surface area (Å²) in [4.78, 5) is 8.32. The number of nitriles is 1. The lowest BCUT2D eigenvalue weighted by atomic mass is 9.86. The molecule has 3 N–H and O–H groups in total. The summed E-state index contributed by atoms with van der Waals surface area (Å²) in [6.45, 7) is 0.536. The Kier molecular flexibility index (Phi) is 4.83. The van der Waals surface area contributed by atoms with Gasteiger partial charge in [0, 0.05) is 5.69 Å². The third-order valence-corrected chi connectivity index (χ3v) is 4.92. The number of nitrogens with two attached hydrogens (primary N) is 1. The van der Waals surface area contributed by atoms with Gasteiger partial charge in [-0.2, -0.15) is 10.2 Å². The van der Waals surface area contributed by atoms with Crippen molar-refractivity contribution in [1.82, 2.24) is 9.97 Å². The minimum atomic E-state index is -3.74. The van der Waals surface area contributed by atoms with Crippen LogP contribution in [0, 0.1) is 17.2 Å². The number of nitrogens with one attached hydrogen (secondary N) is 1. The number of sulfonamides is 1. The molecule has 8 nitrogen and oxygen atoms in total. The molecule has 1 saturated carbocycles. The summed E-state index contributed by atoms with van der Waals surface area (Å²) in [5.74, 6) is 1.02. The molecule has 3 rings (SSSR count). The van der Waals surface area contributed by atoms with Gasteiger partial charge in [-0.05, 0) is 43.0 Å². The first-order valence-corrected chi connectivity index (χ1v) is 9.30. The van der Waals surface area contributed by atoms with E-state index in [-0.39, 0.29) is 22.3 Å². The summed E-state index contributed by atoms with van der Waals surface area (Å²) in [6, 6.07) is 7.88. The lowest BCUT2D eigenvalue weighted by Gasteiger charge is -2.24. The van der Waals surface area contributed by atoms with Gasteiger partial charge in [-0.25, -0.2) is 18.5 Å². The standard InChI is InChI=1S/C16H17N5O3S/c17-8-12-9-19-16(21-15(12)24-10-11-2-1-3-11)20-13-4-6-14(7-5-13)25(18,22)23/h4-7,9,11H,1-3,10H2,(H2,18,22,23)(H,19,20,21). The molecule has 130 valence electrons. The molecular weight excluding hydrogens is 342 g/mol. The molecule has 0 unspecified atom stereocenters. The molecule has 9 heteroatoms. The van der Waals surface area contributed by atoms with Crippen molar-refractivity contribution in [2.75, 3.05) is 11.9 Å². The summed E-state index contributed by atoms with van der Waals surface area (Å²) in [6.07, 6.45) is 4.87. The van der Waals surface area contributed by atoms with Crippen LogP contribution >= 0.6 is 0 Å². The normalized spacial score (nSPS) is 14.4. The molecule has 0 atom stereocenters. The molecule has 0 radical (unpaired) electrons. The molecule has 0 saturated heterocycles. The minimum Gasteiger partial charge on any atom is -0.476 e. The summed E-state index contributed by atoms with van der Waals surface area (Å²) in [5.41, 5.74) is 0.858. The Bertz CT molecular complexity index is 902. The van der Waals surface area contributed by atoms with Crippen LogP contribution in [0.2, 0.25) is 0 Å². The molecule has 1 aromatic carbocycles. The second kappa shape index (κ2) is 7.04. The number of anilines is 2. The molecular formula is C16H17N5O3S. The van der Waals surface area contributed by atoms with Gasteiger partial charge >= 0.3 is 0 Å². The van der Waals surface area contributed by atoms with Crippen LogP contribution in [0.3, 0.4) is 0 Å². The lowest BCUT2D eigenvalue weighted by molar-refractivity contribution is 0.175. The molecule has 1 heterocycles. The Hall–Kier alpha value is -2.70. The van der Waals surface area contributed by atoms with Crippen LogP contribution in [0.25, 0.3) is 0 Å². The number of hydrogen-bond donors (Lipinski definition) is 2. The predicted octanol–water partition coefficient (Wildman–Crippen LogP) is 1.92. The van der Waals surface area contributed by atoms with Crippen LogP contribution in [0.1, 0.15) is 24.8 Å². The molecule has 2 aromatic rings. The van der Waals surface area contributed by atoms with E-state index < -0.39 is 10.0 Å². The van der Waals surface area contributed by atoms with Gasteiger partial charge in [0.15, 0.2) is 0 Å². The molecule has 0 aliphatic heterocycles. The second-order valence-electron chi connectivity index (χ2n) is 5.83. The zero-order valence-electron chi connectivity index (χ0n) is 13.3. The number of nitrogens with zero attached hydrogens (tertiary/aromatic N) is 3.